The molecule has 18 heavy (non-hydrogen) atoms. The van der Waals surface area contributed by atoms with E-state index in [1.165, 1.54) is 32.4 Å². The van der Waals surface area contributed by atoms with Crippen molar-refractivity contribution in [2.75, 3.05) is 31.5 Å². The van der Waals surface area contributed by atoms with E-state index in [0.29, 0.717) is 0 Å². The smallest absolute Gasteiger partial charge is 0.161 e. The summed E-state index contributed by atoms with van der Waals surface area (Å²) in [6.45, 7) is 6.02. The van der Waals surface area contributed by atoms with Crippen molar-refractivity contribution in [2.24, 2.45) is 0 Å². The number of likely N-dealkylation sites (tertiary alicyclic amines) is 1. The zero-order valence-electron chi connectivity index (χ0n) is 11.1. The molecule has 0 amide bonds. The molecule has 3 heteroatoms. The number of para-hydroxylation sites is 1. The number of Topliss-reactive ketones (excluding diaryl/α,β-unsaturated/α-hetero) is 1. The Morgan fingerprint density at radius 3 is 2.67 bits per heavy atom. The standard InChI is InChI=1S/C15H22N2O/c1-13(18)14-7-3-4-8-15(14)16-9-12-17-10-5-2-6-11-17/h3-4,7-8,16H,2,5-6,9-12H2,1H3. The molecule has 1 fully saturated rings. The minimum absolute atomic E-state index is 0.121. The van der Waals surface area contributed by atoms with Crippen LogP contribution in [0.2, 0.25) is 0 Å². The van der Waals surface area contributed by atoms with Gasteiger partial charge < -0.3 is 10.2 Å². The maximum atomic E-state index is 11.5. The first kappa shape index (κ1) is 13.1. The molecule has 1 N–H and O–H groups in total. The number of benzene rings is 1. The molecule has 0 aliphatic carbocycles. The number of carbonyl (C=O) groups is 1. The molecule has 98 valence electrons. The number of nitrogens with zero attached hydrogens (tertiary/aromatic N) is 1. The fourth-order valence-electron chi connectivity index (χ4n) is 2.48. The van der Waals surface area contributed by atoms with E-state index in [9.17, 15) is 4.79 Å². The van der Waals surface area contributed by atoms with Gasteiger partial charge in [0.1, 0.15) is 0 Å². The second-order valence-corrected chi connectivity index (χ2v) is 4.93. The summed E-state index contributed by atoms with van der Waals surface area (Å²) < 4.78 is 0. The van der Waals surface area contributed by atoms with E-state index in [2.05, 4.69) is 10.2 Å². The summed E-state index contributed by atoms with van der Waals surface area (Å²) in [7, 11) is 0. The predicted octanol–water partition coefficient (Wildman–Crippen LogP) is 2.79. The van der Waals surface area contributed by atoms with Gasteiger partial charge in [-0.15, -0.1) is 0 Å². The lowest BCUT2D eigenvalue weighted by atomic mass is 10.1. The van der Waals surface area contributed by atoms with E-state index in [0.717, 1.165) is 24.3 Å². The van der Waals surface area contributed by atoms with Crippen LogP contribution in [0.4, 0.5) is 5.69 Å². The molecule has 0 bridgehead atoms. The van der Waals surface area contributed by atoms with Crippen molar-refractivity contribution >= 4 is 11.5 Å². The lowest BCUT2D eigenvalue weighted by Gasteiger charge is -2.26. The molecule has 1 aliphatic heterocycles. The summed E-state index contributed by atoms with van der Waals surface area (Å²) in [6.07, 6.45) is 4.02. The van der Waals surface area contributed by atoms with Gasteiger partial charge in [-0.1, -0.05) is 18.6 Å². The fourth-order valence-corrected chi connectivity index (χ4v) is 2.48. The van der Waals surface area contributed by atoms with Crippen LogP contribution in [0.15, 0.2) is 24.3 Å². The van der Waals surface area contributed by atoms with Crippen LogP contribution < -0.4 is 5.32 Å². The van der Waals surface area contributed by atoms with Crippen molar-refractivity contribution in [3.8, 4) is 0 Å². The molecule has 1 aromatic carbocycles. The van der Waals surface area contributed by atoms with Crippen LogP contribution in [0.3, 0.4) is 0 Å². The van der Waals surface area contributed by atoms with Crippen LogP contribution in [-0.4, -0.2) is 36.9 Å². The third kappa shape index (κ3) is 3.57. The average molecular weight is 246 g/mol. The van der Waals surface area contributed by atoms with Gasteiger partial charge in [-0.25, -0.2) is 0 Å². The summed E-state index contributed by atoms with van der Waals surface area (Å²) in [6, 6.07) is 7.74. The zero-order chi connectivity index (χ0) is 12.8. The monoisotopic (exact) mass is 246 g/mol. The van der Waals surface area contributed by atoms with Gasteiger partial charge in [-0.2, -0.15) is 0 Å². The van der Waals surface area contributed by atoms with Gasteiger partial charge in [-0.05, 0) is 45.0 Å². The first-order chi connectivity index (χ1) is 8.77. The maximum absolute atomic E-state index is 11.5. The fraction of sp³-hybridized carbons (Fsp3) is 0.533. The van der Waals surface area contributed by atoms with Crippen LogP contribution in [-0.2, 0) is 0 Å². The molecule has 1 saturated heterocycles. The first-order valence-electron chi connectivity index (χ1n) is 6.83. The molecule has 1 aliphatic rings. The van der Waals surface area contributed by atoms with Gasteiger partial charge in [-0.3, -0.25) is 4.79 Å². The highest BCUT2D eigenvalue weighted by atomic mass is 16.1. The summed E-state index contributed by atoms with van der Waals surface area (Å²) in [5.41, 5.74) is 1.75. The normalized spacial score (nSPS) is 16.5. The van der Waals surface area contributed by atoms with Crippen molar-refractivity contribution in [3.63, 3.8) is 0 Å². The number of ketones is 1. The van der Waals surface area contributed by atoms with Crippen LogP contribution in [0.25, 0.3) is 0 Å². The van der Waals surface area contributed by atoms with Gasteiger partial charge >= 0.3 is 0 Å². The Hall–Kier alpha value is -1.35. The van der Waals surface area contributed by atoms with Crippen LogP contribution >= 0.6 is 0 Å². The van der Waals surface area contributed by atoms with Crippen molar-refractivity contribution in [1.29, 1.82) is 0 Å². The average Bonchev–Trinajstić information content (AvgIpc) is 2.40. The van der Waals surface area contributed by atoms with Crippen LogP contribution in [0.5, 0.6) is 0 Å². The van der Waals surface area contributed by atoms with Crippen molar-refractivity contribution < 1.29 is 4.79 Å². The highest BCUT2D eigenvalue weighted by Crippen LogP contribution is 2.15. The molecule has 3 nitrogen and oxygen atoms in total. The first-order valence-corrected chi connectivity index (χ1v) is 6.83. The number of hydrogen-bond donors (Lipinski definition) is 1. The molecule has 2 rings (SSSR count). The van der Waals surface area contributed by atoms with E-state index in [-0.39, 0.29) is 5.78 Å². The highest BCUT2D eigenvalue weighted by molar-refractivity contribution is 5.99. The molecular formula is C15H22N2O. The summed E-state index contributed by atoms with van der Waals surface area (Å²) >= 11 is 0. The molecular weight excluding hydrogens is 224 g/mol. The van der Waals surface area contributed by atoms with E-state index >= 15 is 0 Å². The number of hydrogen-bond acceptors (Lipinski definition) is 3. The number of rotatable bonds is 5. The molecule has 1 heterocycles. The Balaban J connectivity index is 1.84. The quantitative estimate of drug-likeness (QED) is 0.811. The Morgan fingerprint density at radius 2 is 1.94 bits per heavy atom. The summed E-state index contributed by atoms with van der Waals surface area (Å²) in [5.74, 6) is 0.121. The number of carbonyl (C=O) groups excluding carboxylic acids is 1. The lowest BCUT2D eigenvalue weighted by molar-refractivity contribution is 0.101. The molecule has 0 spiro atoms. The number of piperidine rings is 1. The van der Waals surface area contributed by atoms with Crippen molar-refractivity contribution in [1.82, 2.24) is 4.90 Å². The Kier molecular flexibility index (Phi) is 4.76. The zero-order valence-corrected chi connectivity index (χ0v) is 11.1. The van der Waals surface area contributed by atoms with E-state index < -0.39 is 0 Å². The highest BCUT2D eigenvalue weighted by Gasteiger charge is 2.10. The van der Waals surface area contributed by atoms with E-state index in [1.54, 1.807) is 6.92 Å². The maximum Gasteiger partial charge on any atom is 0.161 e. The van der Waals surface area contributed by atoms with Crippen LogP contribution in [0, 0.1) is 0 Å². The SMILES string of the molecule is CC(=O)c1ccccc1NCCN1CCCCC1. The largest absolute Gasteiger partial charge is 0.383 e. The third-order valence-corrected chi connectivity index (χ3v) is 3.50. The third-order valence-electron chi connectivity index (χ3n) is 3.50. The molecule has 0 atom stereocenters. The molecule has 0 saturated carbocycles. The molecule has 0 aromatic heterocycles. The Bertz CT molecular complexity index is 397. The van der Waals surface area contributed by atoms with Gasteiger partial charge in [0.25, 0.3) is 0 Å². The Morgan fingerprint density at radius 1 is 1.22 bits per heavy atom. The second-order valence-electron chi connectivity index (χ2n) is 4.93. The topological polar surface area (TPSA) is 32.3 Å². The predicted molar refractivity (Wildman–Crippen MR) is 75.2 cm³/mol. The van der Waals surface area contributed by atoms with Gasteiger partial charge in [0.15, 0.2) is 5.78 Å². The van der Waals surface area contributed by atoms with Gasteiger partial charge in [0.05, 0.1) is 0 Å². The summed E-state index contributed by atoms with van der Waals surface area (Å²) in [4.78, 5) is 14.0. The minimum atomic E-state index is 0.121. The molecule has 1 aromatic rings. The van der Waals surface area contributed by atoms with Crippen molar-refractivity contribution in [2.45, 2.75) is 26.2 Å². The van der Waals surface area contributed by atoms with Gasteiger partial charge in [0, 0.05) is 24.3 Å². The van der Waals surface area contributed by atoms with Crippen molar-refractivity contribution in [3.05, 3.63) is 29.8 Å². The van der Waals surface area contributed by atoms with Crippen LogP contribution in [0.1, 0.15) is 36.5 Å². The number of anilines is 1. The lowest BCUT2D eigenvalue weighted by Crippen LogP contribution is -2.33. The molecule has 0 radical (unpaired) electrons. The second kappa shape index (κ2) is 6.55. The minimum Gasteiger partial charge on any atom is -0.383 e. The van der Waals surface area contributed by atoms with E-state index in [1.807, 2.05) is 24.3 Å². The number of nitrogens with one attached hydrogen (secondary N) is 1. The Labute approximate surface area is 109 Å². The van der Waals surface area contributed by atoms with E-state index in [4.69, 9.17) is 0 Å². The summed E-state index contributed by atoms with van der Waals surface area (Å²) in [5, 5.41) is 3.38. The molecule has 0 unspecified atom stereocenters. The van der Waals surface area contributed by atoms with Gasteiger partial charge in [0.2, 0.25) is 0 Å².